The van der Waals surface area contributed by atoms with E-state index in [4.69, 9.17) is 5.73 Å². The zero-order valence-electron chi connectivity index (χ0n) is 11.1. The van der Waals surface area contributed by atoms with Gasteiger partial charge in [-0.05, 0) is 13.3 Å². The number of alkyl halides is 3. The Morgan fingerprint density at radius 1 is 1.47 bits per heavy atom. The van der Waals surface area contributed by atoms with Crippen LogP contribution in [0.4, 0.5) is 18.9 Å². The topological polar surface area (TPSA) is 64.2 Å². The Hall–Kier alpha value is -1.73. The quantitative estimate of drug-likeness (QED) is 0.912. The van der Waals surface area contributed by atoms with Crippen molar-refractivity contribution in [3.63, 3.8) is 0 Å². The summed E-state index contributed by atoms with van der Waals surface area (Å²) in [7, 11) is 1.48. The van der Waals surface area contributed by atoms with Crippen LogP contribution in [-0.4, -0.2) is 39.9 Å². The summed E-state index contributed by atoms with van der Waals surface area (Å²) in [6.45, 7) is 2.03. The van der Waals surface area contributed by atoms with Crippen LogP contribution in [0.3, 0.4) is 0 Å². The van der Waals surface area contributed by atoms with Gasteiger partial charge in [0.25, 0.3) is 5.91 Å². The highest BCUT2D eigenvalue weighted by molar-refractivity contribution is 5.98. The number of anilines is 1. The molecule has 5 nitrogen and oxygen atoms in total. The molecule has 1 rings (SSSR count). The third kappa shape index (κ3) is 3.62. The molecular weight excluding hydrogens is 261 g/mol. The normalized spacial score (nSPS) is 11.7. The first-order valence-corrected chi connectivity index (χ1v) is 5.82. The summed E-state index contributed by atoms with van der Waals surface area (Å²) >= 11 is 0. The van der Waals surface area contributed by atoms with Crippen LogP contribution >= 0.6 is 0 Å². The van der Waals surface area contributed by atoms with Crippen LogP contribution in [0.1, 0.15) is 29.5 Å². The van der Waals surface area contributed by atoms with Gasteiger partial charge in [0.2, 0.25) is 0 Å². The van der Waals surface area contributed by atoms with Gasteiger partial charge in [0.1, 0.15) is 12.2 Å². The maximum absolute atomic E-state index is 12.5. The van der Waals surface area contributed by atoms with Crippen LogP contribution in [-0.2, 0) is 7.05 Å². The molecule has 0 spiro atoms. The van der Waals surface area contributed by atoms with Crippen molar-refractivity contribution in [2.75, 3.05) is 18.8 Å². The van der Waals surface area contributed by atoms with Gasteiger partial charge in [-0.2, -0.15) is 18.3 Å². The molecular formula is C11H17F3N4O. The number of nitrogen functional groups attached to an aromatic ring is 1. The number of carbonyl (C=O) groups excluding carboxylic acids is 1. The highest BCUT2D eigenvalue weighted by Crippen LogP contribution is 2.21. The van der Waals surface area contributed by atoms with Crippen molar-refractivity contribution >= 4 is 11.6 Å². The summed E-state index contributed by atoms with van der Waals surface area (Å²) in [4.78, 5) is 12.9. The summed E-state index contributed by atoms with van der Waals surface area (Å²) in [5, 5.41) is 3.93. The van der Waals surface area contributed by atoms with Crippen molar-refractivity contribution in [2.24, 2.45) is 7.05 Å². The Bertz CT molecular complexity index is 467. The standard InChI is InChI=1S/C11H17F3N4O/c1-4-5-18(6-11(12,13)14)10(19)9-8(15)7(2)16-17(9)3/h4-6,15H2,1-3H3. The zero-order valence-corrected chi connectivity index (χ0v) is 11.1. The van der Waals surface area contributed by atoms with Gasteiger partial charge < -0.3 is 10.6 Å². The van der Waals surface area contributed by atoms with Gasteiger partial charge in [-0.15, -0.1) is 0 Å². The Balaban J connectivity index is 3.06. The highest BCUT2D eigenvalue weighted by atomic mass is 19.4. The molecule has 0 saturated heterocycles. The molecule has 0 saturated carbocycles. The molecule has 0 atom stereocenters. The van der Waals surface area contributed by atoms with Gasteiger partial charge in [0, 0.05) is 13.6 Å². The molecule has 0 aliphatic rings. The first-order valence-electron chi connectivity index (χ1n) is 5.82. The van der Waals surface area contributed by atoms with E-state index in [1.807, 2.05) is 0 Å². The van der Waals surface area contributed by atoms with Crippen molar-refractivity contribution < 1.29 is 18.0 Å². The second-order valence-electron chi connectivity index (χ2n) is 4.31. The molecule has 1 heterocycles. The second-order valence-corrected chi connectivity index (χ2v) is 4.31. The molecule has 0 unspecified atom stereocenters. The Kier molecular flexibility index (Phi) is 4.43. The van der Waals surface area contributed by atoms with E-state index in [2.05, 4.69) is 5.10 Å². The van der Waals surface area contributed by atoms with E-state index in [-0.39, 0.29) is 17.9 Å². The van der Waals surface area contributed by atoms with Gasteiger partial charge in [-0.25, -0.2) is 0 Å². The van der Waals surface area contributed by atoms with E-state index in [0.717, 1.165) is 4.90 Å². The number of carbonyl (C=O) groups is 1. The number of aromatic nitrogens is 2. The van der Waals surface area contributed by atoms with Crippen LogP contribution in [0, 0.1) is 6.92 Å². The van der Waals surface area contributed by atoms with E-state index in [1.54, 1.807) is 13.8 Å². The predicted molar refractivity (Wildman–Crippen MR) is 64.6 cm³/mol. The summed E-state index contributed by atoms with van der Waals surface area (Å²) in [6, 6.07) is 0. The Labute approximate surface area is 109 Å². The van der Waals surface area contributed by atoms with Gasteiger partial charge in [-0.3, -0.25) is 9.48 Å². The summed E-state index contributed by atoms with van der Waals surface area (Å²) in [5.74, 6) is -0.750. The number of rotatable bonds is 4. The van der Waals surface area contributed by atoms with E-state index in [0.29, 0.717) is 12.1 Å². The minimum Gasteiger partial charge on any atom is -0.395 e. The van der Waals surface area contributed by atoms with Gasteiger partial charge in [0.05, 0.1) is 11.4 Å². The first kappa shape index (κ1) is 15.3. The zero-order chi connectivity index (χ0) is 14.8. The maximum Gasteiger partial charge on any atom is 0.406 e. The lowest BCUT2D eigenvalue weighted by atomic mass is 10.2. The monoisotopic (exact) mass is 278 g/mol. The molecule has 0 aliphatic heterocycles. The molecule has 0 radical (unpaired) electrons. The predicted octanol–water partition coefficient (Wildman–Crippen LogP) is 1.73. The Morgan fingerprint density at radius 3 is 2.42 bits per heavy atom. The molecule has 0 aromatic carbocycles. The molecule has 1 aromatic heterocycles. The van der Waals surface area contributed by atoms with Crippen molar-refractivity contribution in [2.45, 2.75) is 26.4 Å². The minimum atomic E-state index is -4.44. The number of amides is 1. The third-order valence-corrected chi connectivity index (χ3v) is 2.62. The molecule has 0 fully saturated rings. The number of aryl methyl sites for hydroxylation is 2. The van der Waals surface area contributed by atoms with E-state index in [1.165, 1.54) is 11.7 Å². The molecule has 19 heavy (non-hydrogen) atoms. The average molecular weight is 278 g/mol. The number of hydrogen-bond donors (Lipinski definition) is 1. The van der Waals surface area contributed by atoms with Crippen LogP contribution in [0.5, 0.6) is 0 Å². The lowest BCUT2D eigenvalue weighted by molar-refractivity contribution is -0.140. The fourth-order valence-corrected chi connectivity index (χ4v) is 1.82. The van der Waals surface area contributed by atoms with Crippen LogP contribution in [0.15, 0.2) is 0 Å². The molecule has 0 aliphatic carbocycles. The van der Waals surface area contributed by atoms with Crippen LogP contribution < -0.4 is 5.73 Å². The highest BCUT2D eigenvalue weighted by Gasteiger charge is 2.34. The van der Waals surface area contributed by atoms with Crippen molar-refractivity contribution in [1.82, 2.24) is 14.7 Å². The molecule has 8 heteroatoms. The number of nitrogens with zero attached hydrogens (tertiary/aromatic N) is 3. The lowest BCUT2D eigenvalue weighted by Crippen LogP contribution is -2.40. The van der Waals surface area contributed by atoms with Gasteiger partial charge in [-0.1, -0.05) is 6.92 Å². The average Bonchev–Trinajstić information content (AvgIpc) is 2.50. The van der Waals surface area contributed by atoms with E-state index < -0.39 is 18.6 Å². The van der Waals surface area contributed by atoms with Crippen molar-refractivity contribution in [1.29, 1.82) is 0 Å². The second kappa shape index (κ2) is 5.50. The van der Waals surface area contributed by atoms with Crippen LogP contribution in [0.25, 0.3) is 0 Å². The Morgan fingerprint density at radius 2 is 2.05 bits per heavy atom. The fraction of sp³-hybridized carbons (Fsp3) is 0.636. The minimum absolute atomic E-state index is 0.00444. The number of halogens is 3. The molecule has 2 N–H and O–H groups in total. The summed E-state index contributed by atoms with van der Waals surface area (Å²) < 4.78 is 38.6. The van der Waals surface area contributed by atoms with Crippen LogP contribution in [0.2, 0.25) is 0 Å². The number of nitrogens with two attached hydrogens (primary N) is 1. The molecule has 1 amide bonds. The SMILES string of the molecule is CCCN(CC(F)(F)F)C(=O)c1c(N)c(C)nn1C. The molecule has 0 bridgehead atoms. The van der Waals surface area contributed by atoms with E-state index in [9.17, 15) is 18.0 Å². The molecule has 1 aromatic rings. The largest absolute Gasteiger partial charge is 0.406 e. The number of hydrogen-bond acceptors (Lipinski definition) is 3. The summed E-state index contributed by atoms with van der Waals surface area (Å²) in [5.41, 5.74) is 6.23. The maximum atomic E-state index is 12.5. The van der Waals surface area contributed by atoms with Crippen molar-refractivity contribution in [3.8, 4) is 0 Å². The molecule has 108 valence electrons. The first-order chi connectivity index (χ1) is 8.67. The van der Waals surface area contributed by atoms with E-state index >= 15 is 0 Å². The lowest BCUT2D eigenvalue weighted by Gasteiger charge is -2.23. The smallest absolute Gasteiger partial charge is 0.395 e. The third-order valence-electron chi connectivity index (χ3n) is 2.62. The van der Waals surface area contributed by atoms with Gasteiger partial charge in [0.15, 0.2) is 0 Å². The summed E-state index contributed by atoms with van der Waals surface area (Å²) in [6.07, 6.45) is -4.01. The van der Waals surface area contributed by atoms with Crippen molar-refractivity contribution in [3.05, 3.63) is 11.4 Å². The van der Waals surface area contributed by atoms with Gasteiger partial charge >= 0.3 is 6.18 Å². The fourth-order valence-electron chi connectivity index (χ4n) is 1.82.